The molecule has 0 aromatic carbocycles. The van der Waals surface area contributed by atoms with Crippen LogP contribution in [0.3, 0.4) is 0 Å². The lowest BCUT2D eigenvalue weighted by molar-refractivity contribution is 0.0385. The van der Waals surface area contributed by atoms with Gasteiger partial charge in [-0.05, 0) is 47.1 Å². The molecule has 214 valence electrons. The Bertz CT molecular complexity index is 1460. The van der Waals surface area contributed by atoms with Gasteiger partial charge in [-0.3, -0.25) is 9.88 Å². The summed E-state index contributed by atoms with van der Waals surface area (Å²) in [6.45, 7) is 14.2. The van der Waals surface area contributed by atoms with Crippen molar-refractivity contribution in [1.29, 1.82) is 0 Å². The highest BCUT2D eigenvalue weighted by molar-refractivity contribution is 7.99. The maximum absolute atomic E-state index is 12.3. The molecule has 2 aliphatic heterocycles. The number of ether oxygens (including phenoxy) is 2. The minimum Gasteiger partial charge on any atom is -0.496 e. The first-order valence-electron chi connectivity index (χ1n) is 13.5. The number of aryl methyl sites for hydroxylation is 1. The molecule has 1 amide bonds. The van der Waals surface area contributed by atoms with Gasteiger partial charge in [-0.15, -0.1) is 11.8 Å². The van der Waals surface area contributed by atoms with Crippen molar-refractivity contribution in [2.45, 2.75) is 58.1 Å². The third kappa shape index (κ3) is 5.65. The van der Waals surface area contributed by atoms with Gasteiger partial charge in [0.25, 0.3) is 0 Å². The van der Waals surface area contributed by atoms with Crippen molar-refractivity contribution < 1.29 is 19.4 Å². The van der Waals surface area contributed by atoms with Gasteiger partial charge in [0.2, 0.25) is 5.95 Å². The van der Waals surface area contributed by atoms with Gasteiger partial charge in [-0.2, -0.15) is 10.1 Å². The van der Waals surface area contributed by atoms with Gasteiger partial charge in [-0.25, -0.2) is 19.4 Å². The molecule has 0 radical (unpaired) electrons. The summed E-state index contributed by atoms with van der Waals surface area (Å²) in [5.41, 5.74) is 4.62. The van der Waals surface area contributed by atoms with E-state index >= 15 is 0 Å². The summed E-state index contributed by atoms with van der Waals surface area (Å²) in [5.74, 6) is 1.69. The molecule has 3 aromatic rings. The number of anilines is 1. The first-order chi connectivity index (χ1) is 19.1. The Kier molecular flexibility index (Phi) is 8.03. The molecule has 5 heterocycles. The van der Waals surface area contributed by atoms with E-state index in [1.165, 1.54) is 10.5 Å². The number of hydrogen-bond donors (Lipinski definition) is 1. The SMILES string of the molecule is COc1c(C)cnc(Cn2nc3c4c(nc(N(C(=O)O)C(C)(C)C)nc42)SCC(CCN2CCOCC2)=C3)c1C. The predicted octanol–water partition coefficient (Wildman–Crippen LogP) is 4.39. The molecule has 0 unspecified atom stereocenters. The summed E-state index contributed by atoms with van der Waals surface area (Å²) < 4.78 is 12.9. The standard InChI is InChI=1S/C28H37N7O4S/c1-17-14-29-21(18(2)23(17)38-6)15-34-24-22-20(32-34)13-19(7-8-33-9-11-39-12-10-33)16-40-25(22)31-26(30-24)35(27(36)37)28(3,4)5/h13-14H,7-12,15-16H2,1-6H3,(H,36,37). The Morgan fingerprint density at radius 1 is 1.23 bits per heavy atom. The number of morpholine rings is 1. The summed E-state index contributed by atoms with van der Waals surface area (Å²) in [7, 11) is 1.66. The van der Waals surface area contributed by atoms with Crippen LogP contribution in [0.1, 0.15) is 49.7 Å². The van der Waals surface area contributed by atoms with Crippen molar-refractivity contribution in [2.75, 3.05) is 50.6 Å². The van der Waals surface area contributed by atoms with Gasteiger partial charge in [0.15, 0.2) is 5.65 Å². The zero-order chi connectivity index (χ0) is 28.6. The molecule has 3 aromatic heterocycles. The number of pyridine rings is 1. The van der Waals surface area contributed by atoms with Crippen LogP contribution >= 0.6 is 11.8 Å². The number of thioether (sulfide) groups is 1. The topological polar surface area (TPSA) is 119 Å². The van der Waals surface area contributed by atoms with Crippen LogP contribution in [0.25, 0.3) is 17.1 Å². The van der Waals surface area contributed by atoms with E-state index in [2.05, 4.69) is 16.0 Å². The largest absolute Gasteiger partial charge is 0.496 e. The van der Waals surface area contributed by atoms with Crippen molar-refractivity contribution in [3.63, 3.8) is 0 Å². The zero-order valence-electron chi connectivity index (χ0n) is 24.0. The normalized spacial score (nSPS) is 16.1. The van der Waals surface area contributed by atoms with E-state index in [0.717, 1.165) is 83.7 Å². The summed E-state index contributed by atoms with van der Waals surface area (Å²) in [4.78, 5) is 30.3. The van der Waals surface area contributed by atoms with E-state index in [1.807, 2.05) is 39.3 Å². The van der Waals surface area contributed by atoms with E-state index < -0.39 is 11.6 Å². The molecule has 0 spiro atoms. The molecular weight excluding hydrogens is 530 g/mol. The Morgan fingerprint density at radius 2 is 1.98 bits per heavy atom. The number of methoxy groups -OCH3 is 1. The molecular formula is C28H37N7O4S. The number of hydrogen-bond acceptors (Lipinski definition) is 9. The maximum Gasteiger partial charge on any atom is 0.414 e. The minimum absolute atomic E-state index is 0.144. The molecule has 12 heteroatoms. The Balaban J connectivity index is 1.59. The van der Waals surface area contributed by atoms with Crippen LogP contribution in [0.4, 0.5) is 10.7 Å². The molecule has 0 atom stereocenters. The average molecular weight is 568 g/mol. The van der Waals surface area contributed by atoms with Crippen molar-refractivity contribution in [3.05, 3.63) is 34.3 Å². The zero-order valence-corrected chi connectivity index (χ0v) is 24.8. The third-order valence-electron chi connectivity index (χ3n) is 7.27. The highest BCUT2D eigenvalue weighted by atomic mass is 32.2. The number of rotatable bonds is 7. The number of carbonyl (C=O) groups is 1. The van der Waals surface area contributed by atoms with Crippen molar-refractivity contribution in [3.8, 4) is 5.75 Å². The van der Waals surface area contributed by atoms with Crippen molar-refractivity contribution >= 4 is 40.9 Å². The molecule has 1 fully saturated rings. The second-order valence-electron chi connectivity index (χ2n) is 11.2. The predicted molar refractivity (Wildman–Crippen MR) is 156 cm³/mol. The molecule has 1 N–H and O–H groups in total. The fourth-order valence-corrected chi connectivity index (χ4v) is 6.22. The van der Waals surface area contributed by atoms with Crippen LogP contribution in [0, 0.1) is 13.8 Å². The van der Waals surface area contributed by atoms with Gasteiger partial charge < -0.3 is 14.6 Å². The molecule has 2 aliphatic rings. The lowest BCUT2D eigenvalue weighted by atomic mass is 10.1. The average Bonchev–Trinajstić information content (AvgIpc) is 3.13. The number of nitrogens with zero attached hydrogens (tertiary/aromatic N) is 7. The molecule has 0 saturated carbocycles. The summed E-state index contributed by atoms with van der Waals surface area (Å²) in [6.07, 6.45) is 3.76. The fourth-order valence-electron chi connectivity index (χ4n) is 5.18. The molecule has 5 rings (SSSR count). The van der Waals surface area contributed by atoms with Crippen LogP contribution in [0.15, 0.2) is 16.8 Å². The maximum atomic E-state index is 12.3. The first kappa shape index (κ1) is 28.3. The summed E-state index contributed by atoms with van der Waals surface area (Å²) in [6, 6.07) is 0. The molecule has 0 aliphatic carbocycles. The highest BCUT2D eigenvalue weighted by Gasteiger charge is 2.33. The van der Waals surface area contributed by atoms with Crippen LogP contribution in [0.5, 0.6) is 5.75 Å². The molecule has 1 saturated heterocycles. The fraction of sp³-hybridized carbons (Fsp3) is 0.536. The molecule has 40 heavy (non-hydrogen) atoms. The first-order valence-corrected chi connectivity index (χ1v) is 14.5. The van der Waals surface area contributed by atoms with Gasteiger partial charge in [-0.1, -0.05) is 5.57 Å². The molecule has 0 bridgehead atoms. The second-order valence-corrected chi connectivity index (χ2v) is 12.2. The van der Waals surface area contributed by atoms with Crippen LogP contribution < -0.4 is 9.64 Å². The van der Waals surface area contributed by atoms with Gasteiger partial charge in [0.05, 0.1) is 43.6 Å². The Hall–Kier alpha value is -3.22. The van der Waals surface area contributed by atoms with E-state index in [0.29, 0.717) is 12.2 Å². The van der Waals surface area contributed by atoms with Crippen LogP contribution in [-0.2, 0) is 11.3 Å². The highest BCUT2D eigenvalue weighted by Crippen LogP contribution is 2.37. The van der Waals surface area contributed by atoms with Gasteiger partial charge in [0, 0.05) is 48.2 Å². The van der Waals surface area contributed by atoms with Crippen LogP contribution in [0.2, 0.25) is 0 Å². The minimum atomic E-state index is -1.10. The van der Waals surface area contributed by atoms with E-state index in [1.54, 1.807) is 25.1 Å². The third-order valence-corrected chi connectivity index (χ3v) is 8.36. The monoisotopic (exact) mass is 567 g/mol. The summed E-state index contributed by atoms with van der Waals surface area (Å²) >= 11 is 1.61. The lowest BCUT2D eigenvalue weighted by Crippen LogP contribution is -2.46. The van der Waals surface area contributed by atoms with E-state index in [-0.39, 0.29) is 5.95 Å². The second kappa shape index (κ2) is 11.3. The van der Waals surface area contributed by atoms with E-state index in [9.17, 15) is 9.90 Å². The lowest BCUT2D eigenvalue weighted by Gasteiger charge is -2.31. The van der Waals surface area contributed by atoms with Crippen LogP contribution in [-0.4, -0.2) is 92.1 Å². The van der Waals surface area contributed by atoms with E-state index in [4.69, 9.17) is 24.5 Å². The summed E-state index contributed by atoms with van der Waals surface area (Å²) in [5, 5.41) is 16.7. The quantitative estimate of drug-likeness (QED) is 0.412. The smallest absolute Gasteiger partial charge is 0.414 e. The van der Waals surface area contributed by atoms with Crippen molar-refractivity contribution in [1.82, 2.24) is 29.6 Å². The number of amides is 1. The van der Waals surface area contributed by atoms with Gasteiger partial charge >= 0.3 is 6.09 Å². The Morgan fingerprint density at radius 3 is 2.65 bits per heavy atom. The van der Waals surface area contributed by atoms with Crippen molar-refractivity contribution in [2.24, 2.45) is 0 Å². The van der Waals surface area contributed by atoms with Gasteiger partial charge in [0.1, 0.15) is 10.8 Å². The molecule has 11 nitrogen and oxygen atoms in total. The Labute approximate surface area is 238 Å². The number of aromatic nitrogens is 5. The number of carboxylic acid groups (broad SMARTS) is 1.